The number of carbonyl (C=O) groups excluding carboxylic acids is 3. The molecule has 3 N–H and O–H groups in total. The van der Waals surface area contributed by atoms with Gasteiger partial charge in [0.15, 0.2) is 0 Å². The molecule has 0 aliphatic heterocycles. The number of nitrogens with one attached hydrogen (secondary N) is 1. The van der Waals surface area contributed by atoms with Crippen molar-refractivity contribution in [3.63, 3.8) is 0 Å². The number of esters is 1. The second-order valence-electron chi connectivity index (χ2n) is 7.85. The van der Waals surface area contributed by atoms with E-state index in [-0.39, 0.29) is 37.5 Å². The van der Waals surface area contributed by atoms with Crippen molar-refractivity contribution >= 4 is 34.1 Å². The van der Waals surface area contributed by atoms with Crippen molar-refractivity contribution in [1.29, 1.82) is 0 Å². The van der Waals surface area contributed by atoms with Crippen molar-refractivity contribution in [3.05, 3.63) is 16.0 Å². The van der Waals surface area contributed by atoms with Crippen LogP contribution in [-0.4, -0.2) is 48.9 Å². The molecule has 2 amide bonds. The number of hydrogen-bond donors (Lipinski definition) is 2. The van der Waals surface area contributed by atoms with Crippen LogP contribution in [0.2, 0.25) is 0 Å². The number of nitrogens with two attached hydrogens (primary N) is 1. The largest absolute Gasteiger partial charge is 0.462 e. The van der Waals surface area contributed by atoms with Gasteiger partial charge in [-0.15, -0.1) is 11.3 Å². The van der Waals surface area contributed by atoms with E-state index in [4.69, 9.17) is 10.5 Å². The molecule has 0 unspecified atom stereocenters. The third-order valence-corrected chi connectivity index (χ3v) is 5.78. The van der Waals surface area contributed by atoms with Gasteiger partial charge in [0.2, 0.25) is 11.8 Å². The SMILES string of the molecule is CCOC(=O)c1c(NC(=O)CN(CC(N)=O)CC(C)C)sc2c1CC[C@H](C)C2. The summed E-state index contributed by atoms with van der Waals surface area (Å²) in [5.41, 5.74) is 6.80. The predicted molar refractivity (Wildman–Crippen MR) is 111 cm³/mol. The van der Waals surface area contributed by atoms with E-state index in [2.05, 4.69) is 12.2 Å². The summed E-state index contributed by atoms with van der Waals surface area (Å²) in [4.78, 5) is 39.4. The first kappa shape index (κ1) is 22.4. The normalized spacial score (nSPS) is 16.1. The van der Waals surface area contributed by atoms with Gasteiger partial charge >= 0.3 is 5.97 Å². The molecule has 2 rings (SSSR count). The van der Waals surface area contributed by atoms with Gasteiger partial charge in [-0.1, -0.05) is 20.8 Å². The molecular formula is C20H31N3O4S. The molecule has 0 aromatic carbocycles. The van der Waals surface area contributed by atoms with Gasteiger partial charge in [0.1, 0.15) is 5.00 Å². The maximum Gasteiger partial charge on any atom is 0.341 e. The van der Waals surface area contributed by atoms with Crippen LogP contribution < -0.4 is 11.1 Å². The number of anilines is 1. The van der Waals surface area contributed by atoms with E-state index in [1.54, 1.807) is 11.8 Å². The minimum atomic E-state index is -0.471. The Morgan fingerprint density at radius 1 is 1.32 bits per heavy atom. The molecule has 0 spiro atoms. The highest BCUT2D eigenvalue weighted by molar-refractivity contribution is 7.17. The number of thiophene rings is 1. The minimum Gasteiger partial charge on any atom is -0.462 e. The van der Waals surface area contributed by atoms with Crippen LogP contribution >= 0.6 is 11.3 Å². The first-order valence-corrected chi connectivity index (χ1v) is 10.6. The number of rotatable bonds is 9. The monoisotopic (exact) mass is 409 g/mol. The Morgan fingerprint density at radius 2 is 2.04 bits per heavy atom. The van der Waals surface area contributed by atoms with Gasteiger partial charge in [0, 0.05) is 11.4 Å². The topological polar surface area (TPSA) is 102 Å². The van der Waals surface area contributed by atoms with Crippen molar-refractivity contribution in [2.75, 3.05) is 31.6 Å². The lowest BCUT2D eigenvalue weighted by Gasteiger charge is -2.22. The summed E-state index contributed by atoms with van der Waals surface area (Å²) in [6.07, 6.45) is 2.74. The standard InChI is InChI=1S/C20H31N3O4S/c1-5-27-20(26)18-14-7-6-13(4)8-15(14)28-19(18)22-17(25)11-23(9-12(2)3)10-16(21)24/h12-13H,5-11H2,1-4H3,(H2,21,24)(H,22,25)/t13-/m0/s1. The van der Waals surface area contributed by atoms with Gasteiger partial charge in [-0.25, -0.2) is 4.79 Å². The summed E-state index contributed by atoms with van der Waals surface area (Å²) in [6.45, 7) is 8.92. The maximum absolute atomic E-state index is 12.6. The van der Waals surface area contributed by atoms with E-state index >= 15 is 0 Å². The second-order valence-corrected chi connectivity index (χ2v) is 8.96. The first-order valence-electron chi connectivity index (χ1n) is 9.83. The van der Waals surface area contributed by atoms with Crippen molar-refractivity contribution in [1.82, 2.24) is 4.90 Å². The lowest BCUT2D eigenvalue weighted by molar-refractivity contribution is -0.121. The zero-order valence-electron chi connectivity index (χ0n) is 17.2. The fourth-order valence-electron chi connectivity index (χ4n) is 3.55. The summed E-state index contributed by atoms with van der Waals surface area (Å²) in [6, 6.07) is 0. The molecule has 1 heterocycles. The molecule has 0 fully saturated rings. The molecule has 0 saturated carbocycles. The molecule has 28 heavy (non-hydrogen) atoms. The number of hydrogen-bond acceptors (Lipinski definition) is 6. The third-order valence-electron chi connectivity index (χ3n) is 4.61. The Morgan fingerprint density at radius 3 is 2.64 bits per heavy atom. The van der Waals surface area contributed by atoms with Gasteiger partial charge in [0.25, 0.3) is 0 Å². The van der Waals surface area contributed by atoms with Gasteiger partial charge in [-0.3, -0.25) is 14.5 Å². The fraction of sp³-hybridized carbons (Fsp3) is 0.650. The zero-order chi connectivity index (χ0) is 20.8. The van der Waals surface area contributed by atoms with E-state index in [0.29, 0.717) is 23.0 Å². The lowest BCUT2D eigenvalue weighted by Crippen LogP contribution is -2.41. The molecular weight excluding hydrogens is 378 g/mol. The molecule has 7 nitrogen and oxygen atoms in total. The Hall–Kier alpha value is -1.93. The highest BCUT2D eigenvalue weighted by Crippen LogP contribution is 2.40. The minimum absolute atomic E-state index is 0.0226. The molecule has 0 bridgehead atoms. The average molecular weight is 410 g/mol. The molecule has 1 aromatic heterocycles. The third kappa shape index (κ3) is 6.04. The molecule has 0 saturated heterocycles. The smallest absolute Gasteiger partial charge is 0.341 e. The number of nitrogens with zero attached hydrogens (tertiary/aromatic N) is 1. The number of carbonyl (C=O) groups is 3. The van der Waals surface area contributed by atoms with Crippen LogP contribution in [0.4, 0.5) is 5.00 Å². The van der Waals surface area contributed by atoms with Crippen LogP contribution in [0.1, 0.15) is 54.9 Å². The summed E-state index contributed by atoms with van der Waals surface area (Å²) in [5.74, 6) is -0.277. The van der Waals surface area contributed by atoms with Crippen LogP contribution in [0.25, 0.3) is 0 Å². The molecule has 1 aliphatic carbocycles. The van der Waals surface area contributed by atoms with E-state index in [0.717, 1.165) is 29.7 Å². The number of primary amides is 1. The van der Waals surface area contributed by atoms with E-state index in [9.17, 15) is 14.4 Å². The molecule has 1 aromatic rings. The molecule has 156 valence electrons. The molecule has 0 radical (unpaired) electrons. The summed E-state index contributed by atoms with van der Waals surface area (Å²) in [5, 5.41) is 3.43. The van der Waals surface area contributed by atoms with Gasteiger partial charge < -0.3 is 15.8 Å². The fourth-order valence-corrected chi connectivity index (χ4v) is 4.96. The lowest BCUT2D eigenvalue weighted by atomic mass is 9.88. The van der Waals surface area contributed by atoms with Crippen molar-refractivity contribution in [2.24, 2.45) is 17.6 Å². The summed E-state index contributed by atoms with van der Waals surface area (Å²) in [7, 11) is 0. The highest BCUT2D eigenvalue weighted by atomic mass is 32.1. The quantitative estimate of drug-likeness (QED) is 0.610. The molecule has 1 aliphatic rings. The van der Waals surface area contributed by atoms with Gasteiger partial charge in [-0.05, 0) is 43.6 Å². The number of ether oxygens (including phenoxy) is 1. The zero-order valence-corrected chi connectivity index (χ0v) is 18.0. The second kappa shape index (κ2) is 10.0. The molecule has 8 heteroatoms. The number of amides is 2. The number of fused-ring (bicyclic) bond motifs is 1. The van der Waals surface area contributed by atoms with Crippen molar-refractivity contribution in [3.8, 4) is 0 Å². The van der Waals surface area contributed by atoms with Crippen molar-refractivity contribution < 1.29 is 19.1 Å². The Kier molecular flexibility index (Phi) is 8.00. The maximum atomic E-state index is 12.6. The van der Waals surface area contributed by atoms with E-state index in [1.165, 1.54) is 11.3 Å². The summed E-state index contributed by atoms with van der Waals surface area (Å²) >= 11 is 1.46. The van der Waals surface area contributed by atoms with Crippen LogP contribution in [0.5, 0.6) is 0 Å². The van der Waals surface area contributed by atoms with Crippen LogP contribution in [0.3, 0.4) is 0 Å². The Balaban J connectivity index is 2.20. The van der Waals surface area contributed by atoms with Crippen LogP contribution in [-0.2, 0) is 27.2 Å². The predicted octanol–water partition coefficient (Wildman–Crippen LogP) is 2.43. The Bertz CT molecular complexity index is 729. The molecule has 1 atom stereocenters. The van der Waals surface area contributed by atoms with Gasteiger partial charge in [0.05, 0.1) is 25.3 Å². The van der Waals surface area contributed by atoms with Crippen LogP contribution in [0, 0.1) is 11.8 Å². The van der Waals surface area contributed by atoms with Gasteiger partial charge in [-0.2, -0.15) is 0 Å². The van der Waals surface area contributed by atoms with Crippen molar-refractivity contribution in [2.45, 2.75) is 47.0 Å². The average Bonchev–Trinajstić information content (AvgIpc) is 2.90. The van der Waals surface area contributed by atoms with E-state index in [1.807, 2.05) is 13.8 Å². The van der Waals surface area contributed by atoms with E-state index < -0.39 is 5.91 Å². The summed E-state index contributed by atoms with van der Waals surface area (Å²) < 4.78 is 5.23. The first-order chi connectivity index (χ1) is 13.2. The van der Waals surface area contributed by atoms with Crippen LogP contribution in [0.15, 0.2) is 0 Å². The highest BCUT2D eigenvalue weighted by Gasteiger charge is 2.29. The Labute approximate surface area is 170 Å².